The summed E-state index contributed by atoms with van der Waals surface area (Å²) in [5, 5.41) is 21.4. The molecule has 0 atom stereocenters. The van der Waals surface area contributed by atoms with Crippen LogP contribution in [0.15, 0.2) is 24.3 Å². The van der Waals surface area contributed by atoms with Crippen molar-refractivity contribution in [3.8, 4) is 11.5 Å². The number of carbonyl (C=O) groups is 1. The van der Waals surface area contributed by atoms with Gasteiger partial charge in [-0.15, -0.1) is 10.1 Å². The van der Waals surface area contributed by atoms with Gasteiger partial charge in [-0.25, -0.2) is 0 Å². The third-order valence-electron chi connectivity index (χ3n) is 3.20. The monoisotopic (exact) mass is 338 g/mol. The summed E-state index contributed by atoms with van der Waals surface area (Å²) < 4.78 is 4.99. The Hall–Kier alpha value is -2.77. The molecular weight excluding hydrogens is 316 g/mol. The van der Waals surface area contributed by atoms with Crippen molar-refractivity contribution < 1.29 is 24.6 Å². The maximum absolute atomic E-state index is 11.7. The maximum Gasteiger partial charge on any atom is 0.294 e. The second kappa shape index (κ2) is 10.9. The van der Waals surface area contributed by atoms with Crippen molar-refractivity contribution in [1.82, 2.24) is 5.32 Å². The van der Waals surface area contributed by atoms with E-state index in [1.165, 1.54) is 19.3 Å². The molecule has 1 aromatic rings. The van der Waals surface area contributed by atoms with Gasteiger partial charge in [0.15, 0.2) is 11.5 Å². The number of hydrogen-bond donors (Lipinski definition) is 2. The SMILES string of the molecule is COc1cc(C=CC(=O)NCCCCCCO[N+](=O)[O-])ccc1O. The summed E-state index contributed by atoms with van der Waals surface area (Å²) in [6.07, 6.45) is 6.14. The maximum atomic E-state index is 11.7. The predicted octanol–water partition coefficient (Wildman–Crippen LogP) is 2.30. The summed E-state index contributed by atoms with van der Waals surface area (Å²) in [4.78, 5) is 25.8. The quantitative estimate of drug-likeness (QED) is 0.277. The lowest BCUT2D eigenvalue weighted by atomic mass is 10.2. The second-order valence-corrected chi connectivity index (χ2v) is 5.03. The molecule has 0 saturated heterocycles. The van der Waals surface area contributed by atoms with E-state index in [9.17, 15) is 20.0 Å². The minimum absolute atomic E-state index is 0.0442. The number of nitrogens with zero attached hydrogens (tertiary/aromatic N) is 1. The molecule has 0 bridgehead atoms. The van der Waals surface area contributed by atoms with Gasteiger partial charge >= 0.3 is 0 Å². The molecule has 0 saturated carbocycles. The Morgan fingerprint density at radius 1 is 1.33 bits per heavy atom. The number of phenolic OH excluding ortho intramolecular Hbond substituents is 1. The van der Waals surface area contributed by atoms with E-state index in [4.69, 9.17) is 4.74 Å². The fraction of sp³-hybridized carbons (Fsp3) is 0.438. The number of unbranched alkanes of at least 4 members (excludes halogenated alkanes) is 3. The van der Waals surface area contributed by atoms with Gasteiger partial charge in [-0.05, 0) is 36.6 Å². The number of phenols is 1. The van der Waals surface area contributed by atoms with Gasteiger partial charge in [-0.2, -0.15) is 0 Å². The van der Waals surface area contributed by atoms with E-state index in [1.807, 2.05) is 0 Å². The first-order valence-corrected chi connectivity index (χ1v) is 7.63. The van der Waals surface area contributed by atoms with Gasteiger partial charge in [0.05, 0.1) is 13.7 Å². The van der Waals surface area contributed by atoms with Gasteiger partial charge in [-0.1, -0.05) is 18.9 Å². The number of ether oxygens (including phenoxy) is 1. The van der Waals surface area contributed by atoms with Crippen molar-refractivity contribution in [2.75, 3.05) is 20.3 Å². The first-order valence-electron chi connectivity index (χ1n) is 7.63. The van der Waals surface area contributed by atoms with Crippen LogP contribution in [0.2, 0.25) is 0 Å². The molecule has 1 amide bonds. The van der Waals surface area contributed by atoms with Crippen LogP contribution in [0.3, 0.4) is 0 Å². The summed E-state index contributed by atoms with van der Waals surface area (Å²) in [5.41, 5.74) is 0.741. The summed E-state index contributed by atoms with van der Waals surface area (Å²) >= 11 is 0. The van der Waals surface area contributed by atoms with Crippen LogP contribution in [0.5, 0.6) is 11.5 Å². The van der Waals surface area contributed by atoms with Crippen LogP contribution in [-0.4, -0.2) is 36.4 Å². The average molecular weight is 338 g/mol. The molecule has 8 nitrogen and oxygen atoms in total. The highest BCUT2D eigenvalue weighted by molar-refractivity contribution is 5.91. The van der Waals surface area contributed by atoms with Crippen LogP contribution in [0.25, 0.3) is 6.08 Å². The molecule has 8 heteroatoms. The van der Waals surface area contributed by atoms with Gasteiger partial charge in [-0.3, -0.25) is 4.79 Å². The van der Waals surface area contributed by atoms with E-state index in [-0.39, 0.29) is 18.3 Å². The number of amides is 1. The summed E-state index contributed by atoms with van der Waals surface area (Å²) in [6.45, 7) is 0.649. The lowest BCUT2D eigenvalue weighted by Gasteiger charge is -2.04. The summed E-state index contributed by atoms with van der Waals surface area (Å²) in [5.74, 6) is 0.181. The lowest BCUT2D eigenvalue weighted by Crippen LogP contribution is -2.21. The Kier molecular flexibility index (Phi) is 8.73. The van der Waals surface area contributed by atoms with Crippen molar-refractivity contribution >= 4 is 12.0 Å². The molecule has 1 aromatic carbocycles. The highest BCUT2D eigenvalue weighted by atomic mass is 16.9. The molecule has 0 heterocycles. The molecule has 1 rings (SSSR count). The zero-order chi connectivity index (χ0) is 17.8. The minimum atomic E-state index is -0.795. The number of rotatable bonds is 11. The van der Waals surface area contributed by atoms with Crippen molar-refractivity contribution in [2.24, 2.45) is 0 Å². The molecule has 132 valence electrons. The fourth-order valence-corrected chi connectivity index (χ4v) is 1.96. The van der Waals surface area contributed by atoms with E-state index in [1.54, 1.807) is 18.2 Å². The lowest BCUT2D eigenvalue weighted by molar-refractivity contribution is -0.757. The smallest absolute Gasteiger partial charge is 0.294 e. The zero-order valence-corrected chi connectivity index (χ0v) is 13.6. The van der Waals surface area contributed by atoms with Gasteiger partial charge in [0.2, 0.25) is 5.91 Å². The van der Waals surface area contributed by atoms with Crippen LogP contribution < -0.4 is 10.1 Å². The molecule has 0 aliphatic rings. The first-order chi connectivity index (χ1) is 11.5. The molecule has 0 unspecified atom stereocenters. The second-order valence-electron chi connectivity index (χ2n) is 5.03. The van der Waals surface area contributed by atoms with Crippen molar-refractivity contribution in [1.29, 1.82) is 0 Å². The predicted molar refractivity (Wildman–Crippen MR) is 88.1 cm³/mol. The van der Waals surface area contributed by atoms with E-state index < -0.39 is 5.09 Å². The highest BCUT2D eigenvalue weighted by Gasteiger charge is 2.01. The normalized spacial score (nSPS) is 10.5. The van der Waals surface area contributed by atoms with E-state index >= 15 is 0 Å². The van der Waals surface area contributed by atoms with Crippen LogP contribution in [0.4, 0.5) is 0 Å². The number of nitrogens with one attached hydrogen (secondary N) is 1. The number of carbonyl (C=O) groups excluding carboxylic acids is 1. The van der Waals surface area contributed by atoms with Crippen LogP contribution in [-0.2, 0) is 9.63 Å². The van der Waals surface area contributed by atoms with E-state index in [2.05, 4.69) is 10.2 Å². The van der Waals surface area contributed by atoms with Gasteiger partial charge in [0.25, 0.3) is 5.09 Å². The summed E-state index contributed by atoms with van der Waals surface area (Å²) in [6, 6.07) is 4.81. The van der Waals surface area contributed by atoms with E-state index in [0.29, 0.717) is 18.7 Å². The van der Waals surface area contributed by atoms with E-state index in [0.717, 1.165) is 24.8 Å². The number of hydrogen-bond acceptors (Lipinski definition) is 6. The highest BCUT2D eigenvalue weighted by Crippen LogP contribution is 2.26. The molecule has 0 aliphatic carbocycles. The number of methoxy groups -OCH3 is 1. The Balaban J connectivity index is 2.18. The Bertz CT molecular complexity index is 574. The Morgan fingerprint density at radius 3 is 2.79 bits per heavy atom. The average Bonchev–Trinajstić information content (AvgIpc) is 2.56. The minimum Gasteiger partial charge on any atom is -0.504 e. The molecule has 0 aromatic heterocycles. The molecule has 0 aliphatic heterocycles. The van der Waals surface area contributed by atoms with Gasteiger partial charge in [0.1, 0.15) is 0 Å². The van der Waals surface area contributed by atoms with Crippen LogP contribution in [0, 0.1) is 10.1 Å². The van der Waals surface area contributed by atoms with Crippen molar-refractivity contribution in [3.05, 3.63) is 40.0 Å². The molecule has 0 spiro atoms. The topological polar surface area (TPSA) is 111 Å². The number of aromatic hydroxyl groups is 1. The standard InChI is InChI=1S/C16H22N2O6/c1-23-15-12-13(6-8-14(15)19)7-9-16(20)17-10-4-2-3-5-11-24-18(21)22/h6-9,12,19H,2-5,10-11H2,1H3,(H,17,20). The molecule has 0 fully saturated rings. The van der Waals surface area contributed by atoms with Gasteiger partial charge < -0.3 is 20.0 Å². The molecule has 2 N–H and O–H groups in total. The Labute approximate surface area is 140 Å². The summed E-state index contributed by atoms with van der Waals surface area (Å²) in [7, 11) is 1.46. The molecule has 0 radical (unpaired) electrons. The number of benzene rings is 1. The van der Waals surface area contributed by atoms with Crippen LogP contribution in [0.1, 0.15) is 31.2 Å². The first kappa shape index (κ1) is 19.3. The third-order valence-corrected chi connectivity index (χ3v) is 3.20. The van der Waals surface area contributed by atoms with Crippen molar-refractivity contribution in [3.63, 3.8) is 0 Å². The zero-order valence-electron chi connectivity index (χ0n) is 13.6. The largest absolute Gasteiger partial charge is 0.504 e. The molecule has 24 heavy (non-hydrogen) atoms. The Morgan fingerprint density at radius 2 is 2.08 bits per heavy atom. The van der Waals surface area contributed by atoms with Crippen LogP contribution >= 0.6 is 0 Å². The van der Waals surface area contributed by atoms with Gasteiger partial charge in [0, 0.05) is 12.6 Å². The van der Waals surface area contributed by atoms with Crippen molar-refractivity contribution in [2.45, 2.75) is 25.7 Å². The molecular formula is C16H22N2O6. The fourth-order valence-electron chi connectivity index (χ4n) is 1.96. The third kappa shape index (κ3) is 8.02.